The summed E-state index contributed by atoms with van der Waals surface area (Å²) in [5, 5.41) is 8.16. The van der Waals surface area contributed by atoms with Gasteiger partial charge in [0.25, 0.3) is 0 Å². The van der Waals surface area contributed by atoms with E-state index in [2.05, 4.69) is 15.9 Å². The summed E-state index contributed by atoms with van der Waals surface area (Å²) >= 11 is 3.26. The van der Waals surface area contributed by atoms with Gasteiger partial charge in [-0.2, -0.15) is 5.26 Å². The molecule has 0 aliphatic carbocycles. The number of nitriles is 1. The fraction of sp³-hybridized carbons (Fsp3) is 0.462. The fourth-order valence-corrected chi connectivity index (χ4v) is 3.84. The van der Waals surface area contributed by atoms with E-state index in [1.54, 1.807) is 12.1 Å². The Bertz CT molecular complexity index is 531. The van der Waals surface area contributed by atoms with Gasteiger partial charge in [0.05, 0.1) is 11.0 Å². The number of sulfone groups is 1. The Balaban J connectivity index is 3.12. The molecule has 1 aromatic carbocycles. The third-order valence-corrected chi connectivity index (χ3v) is 5.56. The Hall–Kier alpha value is -0.860. The van der Waals surface area contributed by atoms with Gasteiger partial charge in [-0.15, -0.1) is 0 Å². The first-order valence-electron chi connectivity index (χ1n) is 5.82. The zero-order valence-corrected chi connectivity index (χ0v) is 12.8. The molecule has 98 valence electrons. The monoisotopic (exact) mass is 329 g/mol. The second kappa shape index (κ2) is 6.35. The number of hydrogen-bond donors (Lipinski definition) is 0. The number of rotatable bonds is 5. The Morgan fingerprint density at radius 2 is 1.89 bits per heavy atom. The van der Waals surface area contributed by atoms with Crippen LogP contribution in [0.3, 0.4) is 0 Å². The normalized spacial score (nSPS) is 14.8. The van der Waals surface area contributed by atoms with Crippen LogP contribution in [0.1, 0.15) is 26.7 Å². The average molecular weight is 330 g/mol. The van der Waals surface area contributed by atoms with E-state index in [4.69, 9.17) is 5.26 Å². The minimum Gasteiger partial charge on any atom is -0.222 e. The highest BCUT2D eigenvalue weighted by Crippen LogP contribution is 2.25. The van der Waals surface area contributed by atoms with Crippen LogP contribution in [0, 0.1) is 17.2 Å². The van der Waals surface area contributed by atoms with E-state index in [1.165, 1.54) is 12.1 Å². The molecule has 2 unspecified atom stereocenters. The first kappa shape index (κ1) is 15.2. The lowest BCUT2D eigenvalue weighted by atomic mass is 10.0. The molecular weight excluding hydrogens is 314 g/mol. The highest BCUT2D eigenvalue weighted by molar-refractivity contribution is 9.10. The van der Waals surface area contributed by atoms with Crippen molar-refractivity contribution in [1.29, 1.82) is 5.26 Å². The van der Waals surface area contributed by atoms with Gasteiger partial charge in [-0.3, -0.25) is 0 Å². The number of halogens is 1. The molecular formula is C13H16BrNO2S. The van der Waals surface area contributed by atoms with E-state index in [0.29, 0.717) is 0 Å². The highest BCUT2D eigenvalue weighted by Gasteiger charge is 2.31. The molecule has 2 atom stereocenters. The third kappa shape index (κ3) is 3.33. The van der Waals surface area contributed by atoms with Crippen molar-refractivity contribution in [2.45, 2.75) is 36.8 Å². The van der Waals surface area contributed by atoms with E-state index in [1.807, 2.05) is 19.9 Å². The second-order valence-corrected chi connectivity index (χ2v) is 7.30. The largest absolute Gasteiger partial charge is 0.222 e. The van der Waals surface area contributed by atoms with Crippen molar-refractivity contribution >= 4 is 25.8 Å². The minimum absolute atomic E-state index is 0.159. The fourth-order valence-electron chi connectivity index (χ4n) is 1.88. The lowest BCUT2D eigenvalue weighted by Gasteiger charge is -2.17. The van der Waals surface area contributed by atoms with Crippen LogP contribution in [0.15, 0.2) is 33.6 Å². The van der Waals surface area contributed by atoms with Crippen LogP contribution in [-0.4, -0.2) is 13.7 Å². The van der Waals surface area contributed by atoms with Crippen molar-refractivity contribution in [3.63, 3.8) is 0 Å². The Morgan fingerprint density at radius 3 is 2.33 bits per heavy atom. The quantitative estimate of drug-likeness (QED) is 0.829. The SMILES string of the molecule is CCCC(C)C(C#N)S(=O)(=O)c1ccc(Br)cc1. The Labute approximate surface area is 117 Å². The molecule has 18 heavy (non-hydrogen) atoms. The lowest BCUT2D eigenvalue weighted by molar-refractivity contribution is 0.511. The third-order valence-electron chi connectivity index (χ3n) is 2.86. The van der Waals surface area contributed by atoms with Crippen LogP contribution in [-0.2, 0) is 9.84 Å². The molecule has 0 aromatic heterocycles. The standard InChI is InChI=1S/C13H16BrNO2S/c1-3-4-10(2)13(9-15)18(16,17)12-7-5-11(14)6-8-12/h5-8,10,13H,3-4H2,1-2H3. The van der Waals surface area contributed by atoms with Crippen molar-refractivity contribution in [1.82, 2.24) is 0 Å². The van der Waals surface area contributed by atoms with Gasteiger partial charge in [0.15, 0.2) is 15.1 Å². The topological polar surface area (TPSA) is 57.9 Å². The van der Waals surface area contributed by atoms with E-state index in [-0.39, 0.29) is 10.8 Å². The molecule has 0 fully saturated rings. The molecule has 0 bridgehead atoms. The van der Waals surface area contributed by atoms with Gasteiger partial charge in [0.2, 0.25) is 0 Å². The number of hydrogen-bond acceptors (Lipinski definition) is 3. The van der Waals surface area contributed by atoms with Crippen molar-refractivity contribution in [3.05, 3.63) is 28.7 Å². The minimum atomic E-state index is -3.57. The molecule has 0 spiro atoms. The van der Waals surface area contributed by atoms with E-state index in [0.717, 1.165) is 17.3 Å². The van der Waals surface area contributed by atoms with Crippen LogP contribution in [0.4, 0.5) is 0 Å². The van der Waals surface area contributed by atoms with Crippen LogP contribution in [0.25, 0.3) is 0 Å². The zero-order valence-electron chi connectivity index (χ0n) is 10.4. The van der Waals surface area contributed by atoms with Crippen molar-refractivity contribution < 1.29 is 8.42 Å². The predicted molar refractivity (Wildman–Crippen MR) is 74.8 cm³/mol. The van der Waals surface area contributed by atoms with Crippen LogP contribution < -0.4 is 0 Å². The molecule has 0 N–H and O–H groups in total. The Kier molecular flexibility index (Phi) is 5.36. The zero-order chi connectivity index (χ0) is 13.8. The van der Waals surface area contributed by atoms with Crippen LogP contribution in [0.5, 0.6) is 0 Å². The van der Waals surface area contributed by atoms with Gasteiger partial charge < -0.3 is 0 Å². The molecule has 5 heteroatoms. The molecule has 0 saturated heterocycles. The lowest BCUT2D eigenvalue weighted by Crippen LogP contribution is -2.27. The molecule has 0 aliphatic rings. The molecule has 0 heterocycles. The summed E-state index contributed by atoms with van der Waals surface area (Å²) < 4.78 is 25.5. The molecule has 0 aliphatic heterocycles. The first-order valence-corrected chi connectivity index (χ1v) is 8.16. The number of benzene rings is 1. The van der Waals surface area contributed by atoms with E-state index in [9.17, 15) is 8.42 Å². The predicted octanol–water partition coefficient (Wildman–Crippen LogP) is 3.55. The number of nitrogens with zero attached hydrogens (tertiary/aromatic N) is 1. The summed E-state index contributed by atoms with van der Waals surface area (Å²) in [6, 6.07) is 8.35. The maximum absolute atomic E-state index is 12.4. The van der Waals surface area contributed by atoms with Gasteiger partial charge in [-0.25, -0.2) is 8.42 Å². The van der Waals surface area contributed by atoms with Gasteiger partial charge in [-0.1, -0.05) is 36.2 Å². The Morgan fingerprint density at radius 1 is 1.33 bits per heavy atom. The van der Waals surface area contributed by atoms with Gasteiger partial charge in [0.1, 0.15) is 0 Å². The van der Waals surface area contributed by atoms with Gasteiger partial charge in [-0.05, 0) is 36.6 Å². The van der Waals surface area contributed by atoms with Crippen molar-refractivity contribution in [3.8, 4) is 6.07 Å². The van der Waals surface area contributed by atoms with Gasteiger partial charge >= 0.3 is 0 Å². The summed E-state index contributed by atoms with van der Waals surface area (Å²) in [6.45, 7) is 3.80. The smallest absolute Gasteiger partial charge is 0.194 e. The maximum Gasteiger partial charge on any atom is 0.194 e. The average Bonchev–Trinajstić information content (AvgIpc) is 2.30. The van der Waals surface area contributed by atoms with Crippen LogP contribution in [0.2, 0.25) is 0 Å². The van der Waals surface area contributed by atoms with Crippen molar-refractivity contribution in [2.24, 2.45) is 5.92 Å². The molecule has 1 aromatic rings. The molecule has 3 nitrogen and oxygen atoms in total. The summed E-state index contributed by atoms with van der Waals surface area (Å²) in [5.74, 6) is -0.159. The summed E-state index contributed by atoms with van der Waals surface area (Å²) in [5.41, 5.74) is 0. The van der Waals surface area contributed by atoms with Crippen molar-refractivity contribution in [2.75, 3.05) is 0 Å². The highest BCUT2D eigenvalue weighted by atomic mass is 79.9. The molecule has 0 amide bonds. The van der Waals surface area contributed by atoms with E-state index < -0.39 is 15.1 Å². The van der Waals surface area contributed by atoms with E-state index >= 15 is 0 Å². The summed E-state index contributed by atoms with van der Waals surface area (Å²) in [4.78, 5) is 0.209. The second-order valence-electron chi connectivity index (χ2n) is 4.31. The first-order chi connectivity index (χ1) is 8.43. The molecule has 0 radical (unpaired) electrons. The molecule has 0 saturated carbocycles. The van der Waals surface area contributed by atoms with Crippen LogP contribution >= 0.6 is 15.9 Å². The summed E-state index contributed by atoms with van der Waals surface area (Å²) in [7, 11) is -3.57. The summed E-state index contributed by atoms with van der Waals surface area (Å²) in [6.07, 6.45) is 1.60. The van der Waals surface area contributed by atoms with Gasteiger partial charge in [0, 0.05) is 4.47 Å². The molecule has 1 rings (SSSR count). The maximum atomic E-state index is 12.4.